The number of hydrogen-bond donors (Lipinski definition) is 1. The first-order valence-corrected chi connectivity index (χ1v) is 11.4. The van der Waals surface area contributed by atoms with Gasteiger partial charge < -0.3 is 14.8 Å². The Morgan fingerprint density at radius 3 is 2.81 bits per heavy atom. The van der Waals surface area contributed by atoms with E-state index in [0.29, 0.717) is 18.8 Å². The molecule has 0 radical (unpaired) electrons. The van der Waals surface area contributed by atoms with Gasteiger partial charge in [0, 0.05) is 16.5 Å². The fraction of sp³-hybridized carbons (Fsp3) is 0.200. The van der Waals surface area contributed by atoms with Gasteiger partial charge in [-0.2, -0.15) is 5.10 Å². The van der Waals surface area contributed by atoms with Gasteiger partial charge in [-0.15, -0.1) is 0 Å². The van der Waals surface area contributed by atoms with E-state index in [4.69, 9.17) is 14.6 Å². The van der Waals surface area contributed by atoms with Crippen molar-refractivity contribution in [2.75, 3.05) is 11.9 Å². The maximum absolute atomic E-state index is 13.5. The maximum atomic E-state index is 13.5. The van der Waals surface area contributed by atoms with Crippen LogP contribution in [0.5, 0.6) is 11.5 Å². The SMILES string of the molecule is CCOc1ccc(C2=NN3[C@@H](C2)c2ccccc2O[C@]32C(=O)Nc3ccc(Br)cc32)cc1. The van der Waals surface area contributed by atoms with Crippen molar-refractivity contribution in [3.63, 3.8) is 0 Å². The third-order valence-electron chi connectivity index (χ3n) is 6.17. The highest BCUT2D eigenvalue weighted by Gasteiger charge is 2.60. The molecule has 6 rings (SSSR count). The molecule has 1 spiro atoms. The zero-order chi connectivity index (χ0) is 21.9. The average Bonchev–Trinajstić information content (AvgIpc) is 3.36. The normalized spacial score (nSPS) is 22.6. The summed E-state index contributed by atoms with van der Waals surface area (Å²) in [5.74, 6) is 1.30. The Morgan fingerprint density at radius 1 is 1.19 bits per heavy atom. The fourth-order valence-electron chi connectivity index (χ4n) is 4.75. The molecule has 1 N–H and O–H groups in total. The number of hydrazone groups is 1. The first-order valence-electron chi connectivity index (χ1n) is 10.6. The molecule has 32 heavy (non-hydrogen) atoms. The molecule has 7 heteroatoms. The van der Waals surface area contributed by atoms with E-state index in [1.807, 2.05) is 78.7 Å². The molecule has 6 nitrogen and oxygen atoms in total. The Morgan fingerprint density at radius 2 is 2.00 bits per heavy atom. The van der Waals surface area contributed by atoms with Crippen LogP contribution in [-0.4, -0.2) is 23.2 Å². The zero-order valence-electron chi connectivity index (χ0n) is 17.3. The van der Waals surface area contributed by atoms with E-state index >= 15 is 0 Å². The van der Waals surface area contributed by atoms with E-state index < -0.39 is 5.72 Å². The lowest BCUT2D eigenvalue weighted by atomic mass is 9.92. The Bertz CT molecular complexity index is 1270. The highest BCUT2D eigenvalue weighted by Crippen LogP contribution is 2.54. The molecule has 3 aliphatic rings. The lowest BCUT2D eigenvalue weighted by Gasteiger charge is -2.44. The van der Waals surface area contributed by atoms with Crippen LogP contribution >= 0.6 is 15.9 Å². The van der Waals surface area contributed by atoms with Crippen LogP contribution in [0.1, 0.15) is 36.1 Å². The number of anilines is 1. The molecule has 3 aliphatic heterocycles. The topological polar surface area (TPSA) is 63.2 Å². The molecule has 3 heterocycles. The summed E-state index contributed by atoms with van der Waals surface area (Å²) >= 11 is 3.55. The number of carbonyl (C=O) groups is 1. The van der Waals surface area contributed by atoms with E-state index in [2.05, 4.69) is 21.2 Å². The van der Waals surface area contributed by atoms with Crippen molar-refractivity contribution in [3.05, 3.63) is 87.9 Å². The van der Waals surface area contributed by atoms with Gasteiger partial charge in [0.1, 0.15) is 11.5 Å². The van der Waals surface area contributed by atoms with Gasteiger partial charge >= 0.3 is 5.72 Å². The lowest BCUT2D eigenvalue weighted by Crippen LogP contribution is -2.55. The quantitative estimate of drug-likeness (QED) is 0.549. The largest absolute Gasteiger partial charge is 0.494 e. The molecule has 160 valence electrons. The van der Waals surface area contributed by atoms with Crippen molar-refractivity contribution >= 4 is 33.2 Å². The number of para-hydroxylation sites is 1. The van der Waals surface area contributed by atoms with Crippen LogP contribution in [0.4, 0.5) is 5.69 Å². The molecule has 0 saturated carbocycles. The molecule has 2 atom stereocenters. The van der Waals surface area contributed by atoms with Crippen molar-refractivity contribution < 1.29 is 14.3 Å². The molecule has 0 aromatic heterocycles. The van der Waals surface area contributed by atoms with Crippen molar-refractivity contribution in [2.45, 2.75) is 25.1 Å². The minimum atomic E-state index is -1.36. The molecule has 0 bridgehead atoms. The van der Waals surface area contributed by atoms with E-state index in [1.165, 1.54) is 0 Å². The average molecular weight is 490 g/mol. The van der Waals surface area contributed by atoms with Crippen molar-refractivity contribution in [1.29, 1.82) is 0 Å². The molecular formula is C25H20BrN3O3. The van der Waals surface area contributed by atoms with Crippen LogP contribution in [0.15, 0.2) is 76.3 Å². The lowest BCUT2D eigenvalue weighted by molar-refractivity contribution is -0.161. The molecule has 0 aliphatic carbocycles. The second-order valence-corrected chi connectivity index (χ2v) is 8.91. The predicted octanol–water partition coefficient (Wildman–Crippen LogP) is 5.20. The van der Waals surface area contributed by atoms with Gasteiger partial charge in [-0.1, -0.05) is 34.1 Å². The van der Waals surface area contributed by atoms with E-state index in [9.17, 15) is 4.79 Å². The number of ether oxygens (including phenoxy) is 2. The standard InChI is InChI=1S/C25H20BrN3O3/c1-2-31-17-10-7-15(8-11-17)21-14-22-18-5-3-4-6-23(18)32-25(29(22)28-21)19-13-16(26)9-12-20(19)27-24(25)30/h3-13,22H,2,14H2,1H3,(H,27,30)/t22-,25+/m0/s1. The first-order chi connectivity index (χ1) is 15.6. The first kappa shape index (κ1) is 19.4. The minimum Gasteiger partial charge on any atom is -0.494 e. The summed E-state index contributed by atoms with van der Waals surface area (Å²) in [5, 5.41) is 9.81. The third kappa shape index (κ3) is 2.70. The van der Waals surface area contributed by atoms with E-state index in [1.54, 1.807) is 0 Å². The van der Waals surface area contributed by atoms with Crippen molar-refractivity contribution in [2.24, 2.45) is 5.10 Å². The number of nitrogens with one attached hydrogen (secondary N) is 1. The number of halogens is 1. The van der Waals surface area contributed by atoms with Crippen LogP contribution in [0.25, 0.3) is 0 Å². The highest BCUT2D eigenvalue weighted by molar-refractivity contribution is 9.10. The van der Waals surface area contributed by atoms with Crippen LogP contribution in [-0.2, 0) is 10.5 Å². The van der Waals surface area contributed by atoms with Gasteiger partial charge in [-0.05, 0) is 61.0 Å². The summed E-state index contributed by atoms with van der Waals surface area (Å²) in [6.45, 7) is 2.59. The van der Waals surface area contributed by atoms with Gasteiger partial charge in [-0.25, -0.2) is 5.01 Å². The smallest absolute Gasteiger partial charge is 0.306 e. The van der Waals surface area contributed by atoms with E-state index in [0.717, 1.165) is 38.3 Å². The number of rotatable bonds is 3. The molecule has 1 amide bonds. The summed E-state index contributed by atoms with van der Waals surface area (Å²) < 4.78 is 12.9. The Balaban J connectivity index is 1.51. The zero-order valence-corrected chi connectivity index (χ0v) is 18.9. The molecule has 3 aromatic carbocycles. The Kier molecular flexibility index (Phi) is 4.30. The molecular weight excluding hydrogens is 470 g/mol. The van der Waals surface area contributed by atoms with Crippen LogP contribution in [0, 0.1) is 0 Å². The monoisotopic (exact) mass is 489 g/mol. The van der Waals surface area contributed by atoms with Gasteiger partial charge in [0.25, 0.3) is 5.91 Å². The number of nitrogens with zero attached hydrogens (tertiary/aromatic N) is 2. The molecule has 3 aromatic rings. The number of hydrogen-bond acceptors (Lipinski definition) is 5. The molecule has 0 saturated heterocycles. The Labute approximate surface area is 194 Å². The maximum Gasteiger partial charge on any atom is 0.306 e. The summed E-state index contributed by atoms with van der Waals surface area (Å²) in [5.41, 5.74) is 3.08. The summed E-state index contributed by atoms with van der Waals surface area (Å²) in [6, 6.07) is 21.4. The third-order valence-corrected chi connectivity index (χ3v) is 6.66. The highest BCUT2D eigenvalue weighted by atomic mass is 79.9. The fourth-order valence-corrected chi connectivity index (χ4v) is 5.11. The van der Waals surface area contributed by atoms with Crippen molar-refractivity contribution in [1.82, 2.24) is 5.01 Å². The second-order valence-electron chi connectivity index (χ2n) is 8.00. The van der Waals surface area contributed by atoms with Gasteiger partial charge in [0.15, 0.2) is 0 Å². The summed E-state index contributed by atoms with van der Waals surface area (Å²) in [4.78, 5) is 13.5. The predicted molar refractivity (Wildman–Crippen MR) is 125 cm³/mol. The van der Waals surface area contributed by atoms with Crippen molar-refractivity contribution in [3.8, 4) is 11.5 Å². The van der Waals surface area contributed by atoms with Crippen LogP contribution in [0.2, 0.25) is 0 Å². The van der Waals surface area contributed by atoms with Gasteiger partial charge in [0.05, 0.1) is 29.6 Å². The summed E-state index contributed by atoms with van der Waals surface area (Å²) in [7, 11) is 0. The summed E-state index contributed by atoms with van der Waals surface area (Å²) in [6.07, 6.45) is 0.673. The minimum absolute atomic E-state index is 0.114. The van der Waals surface area contributed by atoms with Gasteiger partial charge in [0.2, 0.25) is 0 Å². The number of carbonyl (C=O) groups excluding carboxylic acids is 1. The van der Waals surface area contributed by atoms with Gasteiger partial charge in [-0.3, -0.25) is 4.79 Å². The van der Waals surface area contributed by atoms with Crippen LogP contribution < -0.4 is 14.8 Å². The number of amides is 1. The molecule has 0 unspecified atom stereocenters. The number of fused-ring (bicyclic) bond motifs is 6. The van der Waals surface area contributed by atoms with E-state index in [-0.39, 0.29) is 11.9 Å². The Hall–Kier alpha value is -3.32. The van der Waals surface area contributed by atoms with Crippen LogP contribution in [0.3, 0.4) is 0 Å². The molecule has 0 fully saturated rings. The second kappa shape index (κ2) is 7.10. The number of benzene rings is 3.